The third kappa shape index (κ3) is 5.24. The maximum absolute atomic E-state index is 11.8. The van der Waals surface area contributed by atoms with Crippen molar-refractivity contribution < 1.29 is 4.79 Å². The SMILES string of the molecule is Cc1cc(N)nc(SCC(=O)NCc2cccc(Cl)c2)n1. The van der Waals surface area contributed by atoms with Gasteiger partial charge >= 0.3 is 0 Å². The number of hydrogen-bond donors (Lipinski definition) is 2. The molecule has 0 radical (unpaired) electrons. The predicted octanol–water partition coefficient (Wildman–Crippen LogP) is 2.43. The van der Waals surface area contributed by atoms with Crippen LogP contribution in [0.3, 0.4) is 0 Å². The van der Waals surface area contributed by atoms with Crippen LogP contribution >= 0.6 is 23.4 Å². The molecule has 1 aromatic heterocycles. The van der Waals surface area contributed by atoms with E-state index in [1.54, 1.807) is 12.1 Å². The van der Waals surface area contributed by atoms with Crippen LogP contribution in [0.5, 0.6) is 0 Å². The highest BCUT2D eigenvalue weighted by atomic mass is 35.5. The molecular formula is C14H15ClN4OS. The molecule has 0 aliphatic heterocycles. The smallest absolute Gasteiger partial charge is 0.230 e. The van der Waals surface area contributed by atoms with E-state index in [4.69, 9.17) is 17.3 Å². The van der Waals surface area contributed by atoms with Gasteiger partial charge in [0.15, 0.2) is 5.16 Å². The largest absolute Gasteiger partial charge is 0.384 e. The van der Waals surface area contributed by atoms with Crippen molar-refractivity contribution in [3.8, 4) is 0 Å². The van der Waals surface area contributed by atoms with Gasteiger partial charge in [-0.15, -0.1) is 0 Å². The van der Waals surface area contributed by atoms with Crippen LogP contribution in [0.4, 0.5) is 5.82 Å². The lowest BCUT2D eigenvalue weighted by Gasteiger charge is -2.06. The average molecular weight is 323 g/mol. The fraction of sp³-hybridized carbons (Fsp3) is 0.214. The highest BCUT2D eigenvalue weighted by Crippen LogP contribution is 2.15. The second-order valence-electron chi connectivity index (χ2n) is 4.41. The summed E-state index contributed by atoms with van der Waals surface area (Å²) in [6.45, 7) is 2.28. The van der Waals surface area contributed by atoms with Crippen molar-refractivity contribution in [1.29, 1.82) is 0 Å². The van der Waals surface area contributed by atoms with Crippen LogP contribution in [0.2, 0.25) is 5.02 Å². The summed E-state index contributed by atoms with van der Waals surface area (Å²) < 4.78 is 0. The molecule has 0 bridgehead atoms. The number of amides is 1. The number of anilines is 1. The maximum Gasteiger partial charge on any atom is 0.230 e. The van der Waals surface area contributed by atoms with E-state index in [9.17, 15) is 4.79 Å². The van der Waals surface area contributed by atoms with E-state index in [0.717, 1.165) is 11.3 Å². The van der Waals surface area contributed by atoms with Crippen molar-refractivity contribution in [2.24, 2.45) is 0 Å². The molecular weight excluding hydrogens is 308 g/mol. The van der Waals surface area contributed by atoms with E-state index in [1.165, 1.54) is 11.8 Å². The normalized spacial score (nSPS) is 10.4. The van der Waals surface area contributed by atoms with Crippen LogP contribution in [0, 0.1) is 6.92 Å². The summed E-state index contributed by atoms with van der Waals surface area (Å²) in [5.74, 6) is 0.552. The van der Waals surface area contributed by atoms with Crippen molar-refractivity contribution in [2.45, 2.75) is 18.6 Å². The van der Waals surface area contributed by atoms with Gasteiger partial charge in [-0.1, -0.05) is 35.5 Å². The number of nitrogens with two attached hydrogens (primary N) is 1. The highest BCUT2D eigenvalue weighted by Gasteiger charge is 2.06. The summed E-state index contributed by atoms with van der Waals surface area (Å²) >= 11 is 7.14. The Bertz CT molecular complexity index is 630. The zero-order valence-electron chi connectivity index (χ0n) is 11.5. The Balaban J connectivity index is 1.82. The minimum atomic E-state index is -0.0938. The lowest BCUT2D eigenvalue weighted by atomic mass is 10.2. The number of hydrogen-bond acceptors (Lipinski definition) is 5. The number of nitrogens with zero attached hydrogens (tertiary/aromatic N) is 2. The molecule has 21 heavy (non-hydrogen) atoms. The lowest BCUT2D eigenvalue weighted by Crippen LogP contribution is -2.24. The number of aryl methyl sites for hydroxylation is 1. The molecule has 0 atom stereocenters. The van der Waals surface area contributed by atoms with Crippen LogP contribution in [-0.4, -0.2) is 21.6 Å². The molecule has 0 aliphatic rings. The Morgan fingerprint density at radius 1 is 1.38 bits per heavy atom. The van der Waals surface area contributed by atoms with Gasteiger partial charge in [-0.05, 0) is 24.6 Å². The van der Waals surface area contributed by atoms with Gasteiger partial charge in [0.05, 0.1) is 5.75 Å². The first-order valence-corrected chi connectivity index (χ1v) is 7.64. The Labute approximate surface area is 132 Å². The number of thioether (sulfide) groups is 1. The zero-order chi connectivity index (χ0) is 15.2. The summed E-state index contributed by atoms with van der Waals surface area (Å²) in [5, 5.41) is 3.98. The minimum absolute atomic E-state index is 0.0938. The summed E-state index contributed by atoms with van der Waals surface area (Å²) in [6, 6.07) is 9.05. The van der Waals surface area contributed by atoms with E-state index < -0.39 is 0 Å². The van der Waals surface area contributed by atoms with Gasteiger partial charge in [0.2, 0.25) is 5.91 Å². The molecule has 0 saturated carbocycles. The fourth-order valence-electron chi connectivity index (χ4n) is 1.66. The molecule has 1 aromatic carbocycles. The van der Waals surface area contributed by atoms with Gasteiger partial charge in [0.25, 0.3) is 0 Å². The number of benzene rings is 1. The topological polar surface area (TPSA) is 80.9 Å². The van der Waals surface area contributed by atoms with Gasteiger partial charge in [-0.25, -0.2) is 9.97 Å². The average Bonchev–Trinajstić information content (AvgIpc) is 2.42. The van der Waals surface area contributed by atoms with Crippen LogP contribution in [0.15, 0.2) is 35.5 Å². The van der Waals surface area contributed by atoms with Gasteiger partial charge in [-0.3, -0.25) is 4.79 Å². The number of halogens is 1. The van der Waals surface area contributed by atoms with E-state index in [-0.39, 0.29) is 11.7 Å². The molecule has 2 aromatic rings. The predicted molar refractivity (Wildman–Crippen MR) is 85.2 cm³/mol. The molecule has 0 spiro atoms. The highest BCUT2D eigenvalue weighted by molar-refractivity contribution is 7.99. The van der Waals surface area contributed by atoms with Gasteiger partial charge in [0, 0.05) is 23.3 Å². The fourth-order valence-corrected chi connectivity index (χ4v) is 2.61. The molecule has 0 aliphatic carbocycles. The number of carbonyl (C=O) groups is 1. The van der Waals surface area contributed by atoms with Crippen molar-refractivity contribution in [3.63, 3.8) is 0 Å². The summed E-state index contributed by atoms with van der Waals surface area (Å²) in [5.41, 5.74) is 7.37. The maximum atomic E-state index is 11.8. The molecule has 7 heteroatoms. The van der Waals surface area contributed by atoms with Gasteiger partial charge in [0.1, 0.15) is 5.82 Å². The zero-order valence-corrected chi connectivity index (χ0v) is 13.0. The minimum Gasteiger partial charge on any atom is -0.384 e. The Kier molecular flexibility index (Phi) is 5.41. The Morgan fingerprint density at radius 2 is 2.19 bits per heavy atom. The molecule has 2 rings (SSSR count). The molecule has 1 amide bonds. The standard InChI is InChI=1S/C14H15ClN4OS/c1-9-5-12(16)19-14(18-9)21-8-13(20)17-7-10-3-2-4-11(15)6-10/h2-6H,7-8H2,1H3,(H,17,20)(H2,16,18,19). The monoisotopic (exact) mass is 322 g/mol. The molecule has 0 unspecified atom stereocenters. The van der Waals surface area contributed by atoms with Gasteiger partial charge in [-0.2, -0.15) is 0 Å². The van der Waals surface area contributed by atoms with Crippen molar-refractivity contribution in [3.05, 3.63) is 46.6 Å². The summed E-state index contributed by atoms with van der Waals surface area (Å²) in [4.78, 5) is 20.1. The molecule has 0 fully saturated rings. The van der Waals surface area contributed by atoms with Crippen LogP contribution < -0.4 is 11.1 Å². The number of nitrogen functional groups attached to an aromatic ring is 1. The van der Waals surface area contributed by atoms with E-state index in [0.29, 0.717) is 22.5 Å². The first kappa shape index (κ1) is 15.6. The Hall–Kier alpha value is -1.79. The number of rotatable bonds is 5. The van der Waals surface area contributed by atoms with Crippen molar-refractivity contribution >= 4 is 35.1 Å². The first-order chi connectivity index (χ1) is 10.0. The van der Waals surface area contributed by atoms with Gasteiger partial charge < -0.3 is 11.1 Å². The Morgan fingerprint density at radius 3 is 2.90 bits per heavy atom. The van der Waals surface area contributed by atoms with Crippen LogP contribution in [0.1, 0.15) is 11.3 Å². The quantitative estimate of drug-likeness (QED) is 0.652. The third-order valence-electron chi connectivity index (χ3n) is 2.56. The van der Waals surface area contributed by atoms with E-state index >= 15 is 0 Å². The molecule has 110 valence electrons. The second kappa shape index (κ2) is 7.28. The summed E-state index contributed by atoms with van der Waals surface area (Å²) in [6.07, 6.45) is 0. The van der Waals surface area contributed by atoms with Crippen molar-refractivity contribution in [1.82, 2.24) is 15.3 Å². The lowest BCUT2D eigenvalue weighted by molar-refractivity contribution is -0.118. The summed E-state index contributed by atoms with van der Waals surface area (Å²) in [7, 11) is 0. The molecule has 3 N–H and O–H groups in total. The number of nitrogens with one attached hydrogen (secondary N) is 1. The third-order valence-corrected chi connectivity index (χ3v) is 3.65. The van der Waals surface area contributed by atoms with E-state index in [2.05, 4.69) is 15.3 Å². The van der Waals surface area contributed by atoms with E-state index in [1.807, 2.05) is 25.1 Å². The number of aromatic nitrogens is 2. The van der Waals surface area contributed by atoms with Crippen LogP contribution in [-0.2, 0) is 11.3 Å². The first-order valence-electron chi connectivity index (χ1n) is 6.28. The van der Waals surface area contributed by atoms with Crippen LogP contribution in [0.25, 0.3) is 0 Å². The second-order valence-corrected chi connectivity index (χ2v) is 5.79. The molecule has 0 saturated heterocycles. The molecule has 1 heterocycles. The number of carbonyl (C=O) groups excluding carboxylic acids is 1. The van der Waals surface area contributed by atoms with Crippen molar-refractivity contribution in [2.75, 3.05) is 11.5 Å². The molecule has 5 nitrogen and oxygen atoms in total.